The molecule has 10 heteroatoms. The molecule has 0 aliphatic carbocycles. The third kappa shape index (κ3) is 6.93. The van der Waals surface area contributed by atoms with Crippen LogP contribution in [0.5, 0.6) is 17.2 Å². The number of hydrogen-bond acceptors (Lipinski definition) is 9. The zero-order chi connectivity index (χ0) is 19.6. The molecule has 0 bridgehead atoms. The van der Waals surface area contributed by atoms with Gasteiger partial charge in [0.25, 0.3) is 0 Å². The lowest BCUT2D eigenvalue weighted by Gasteiger charge is -2.19. The smallest absolute Gasteiger partial charge is 0.335 e. The Kier molecular flexibility index (Phi) is 10.1. The van der Waals surface area contributed by atoms with Crippen LogP contribution in [-0.2, 0) is 4.79 Å². The number of carbonyl (C=O) groups excluding carboxylic acids is 1. The molecule has 0 aliphatic rings. The zero-order valence-corrected chi connectivity index (χ0v) is 13.7. The number of phenolic OH excluding ortho intramolecular Hbond substituents is 1. The second kappa shape index (κ2) is 11.2. The fraction of sp³-hybridized carbons (Fsp3) is 0.467. The van der Waals surface area contributed by atoms with Gasteiger partial charge in [-0.3, -0.25) is 0 Å². The van der Waals surface area contributed by atoms with Crippen LogP contribution in [0.15, 0.2) is 12.1 Å². The minimum atomic E-state index is -1.47. The van der Waals surface area contributed by atoms with E-state index in [1.165, 1.54) is 26.4 Å². The van der Waals surface area contributed by atoms with Gasteiger partial charge in [-0.2, -0.15) is 0 Å². The van der Waals surface area contributed by atoms with Crippen molar-refractivity contribution >= 4 is 12.3 Å². The van der Waals surface area contributed by atoms with E-state index in [2.05, 4.69) is 0 Å². The van der Waals surface area contributed by atoms with Gasteiger partial charge in [0.15, 0.2) is 11.5 Å². The summed E-state index contributed by atoms with van der Waals surface area (Å²) in [7, 11) is 2.67. The van der Waals surface area contributed by atoms with Crippen LogP contribution in [0.25, 0.3) is 0 Å². The second-order valence-corrected chi connectivity index (χ2v) is 4.74. The molecule has 0 saturated heterocycles. The highest BCUT2D eigenvalue weighted by atomic mass is 16.5. The van der Waals surface area contributed by atoms with Crippen molar-refractivity contribution in [3.05, 3.63) is 17.7 Å². The predicted molar refractivity (Wildman–Crippen MR) is 84.0 cm³/mol. The highest BCUT2D eigenvalue weighted by Crippen LogP contribution is 2.36. The van der Waals surface area contributed by atoms with Gasteiger partial charge in [0.05, 0.1) is 32.5 Å². The SMILES string of the molecule is COc1cc(C(=O)O)cc(OC)c1O.O=CCC(O)C(O)C(O)CO. The second-order valence-electron chi connectivity index (χ2n) is 4.74. The van der Waals surface area contributed by atoms with Gasteiger partial charge in [-0.25, -0.2) is 4.79 Å². The van der Waals surface area contributed by atoms with Crippen molar-refractivity contribution in [3.8, 4) is 17.2 Å². The van der Waals surface area contributed by atoms with E-state index in [4.69, 9.17) is 35.0 Å². The number of aliphatic hydroxyl groups excluding tert-OH is 4. The van der Waals surface area contributed by atoms with E-state index in [-0.39, 0.29) is 29.2 Å². The Morgan fingerprint density at radius 3 is 1.92 bits per heavy atom. The van der Waals surface area contributed by atoms with Crippen molar-refractivity contribution in [2.75, 3.05) is 20.8 Å². The normalized spacial score (nSPS) is 13.7. The third-order valence-corrected chi connectivity index (χ3v) is 3.04. The first-order valence-corrected chi connectivity index (χ1v) is 7.00. The molecule has 0 fully saturated rings. The number of aromatic hydroxyl groups is 1. The molecule has 6 N–H and O–H groups in total. The molecule has 0 aliphatic heterocycles. The highest BCUT2D eigenvalue weighted by Gasteiger charge is 2.23. The van der Waals surface area contributed by atoms with Crippen LogP contribution in [0.1, 0.15) is 16.8 Å². The van der Waals surface area contributed by atoms with Crippen LogP contribution < -0.4 is 9.47 Å². The number of benzene rings is 1. The standard InChI is InChI=1S/C9H10O5.C6H12O5/c1-13-6-3-5(9(11)12)4-7(14-2)8(6)10;7-2-1-4(9)6(11)5(10)3-8/h3-4,10H,1-2H3,(H,11,12);2,4-6,8-11H,1,3H2. The fourth-order valence-corrected chi connectivity index (χ4v) is 1.62. The quantitative estimate of drug-likeness (QED) is 0.307. The van der Waals surface area contributed by atoms with Gasteiger partial charge in [0.1, 0.15) is 18.5 Å². The lowest BCUT2D eigenvalue weighted by atomic mass is 10.1. The number of rotatable bonds is 8. The van der Waals surface area contributed by atoms with E-state index in [1.807, 2.05) is 0 Å². The molecule has 3 unspecified atom stereocenters. The minimum absolute atomic E-state index is 0.00324. The number of methoxy groups -OCH3 is 2. The first-order chi connectivity index (χ1) is 11.7. The van der Waals surface area contributed by atoms with E-state index in [1.54, 1.807) is 0 Å². The number of carboxylic acids is 1. The van der Waals surface area contributed by atoms with Crippen LogP contribution in [0.4, 0.5) is 0 Å². The summed E-state index contributed by atoms with van der Waals surface area (Å²) in [4.78, 5) is 20.5. The van der Waals surface area contributed by atoms with Crippen LogP contribution in [0.2, 0.25) is 0 Å². The van der Waals surface area contributed by atoms with Crippen molar-refractivity contribution in [3.63, 3.8) is 0 Å². The van der Waals surface area contributed by atoms with Gasteiger partial charge in [0.2, 0.25) is 5.75 Å². The molecule has 25 heavy (non-hydrogen) atoms. The molecule has 10 nitrogen and oxygen atoms in total. The van der Waals surface area contributed by atoms with Gasteiger partial charge < -0.3 is 44.9 Å². The molecule has 3 atom stereocenters. The van der Waals surface area contributed by atoms with Crippen molar-refractivity contribution in [2.45, 2.75) is 24.7 Å². The molecule has 0 radical (unpaired) electrons. The molecule has 0 amide bonds. The Morgan fingerprint density at radius 1 is 1.12 bits per heavy atom. The van der Waals surface area contributed by atoms with E-state index in [0.717, 1.165) is 0 Å². The average molecular weight is 362 g/mol. The van der Waals surface area contributed by atoms with Gasteiger partial charge in [-0.1, -0.05) is 0 Å². The zero-order valence-electron chi connectivity index (χ0n) is 13.7. The van der Waals surface area contributed by atoms with E-state index in [9.17, 15) is 14.7 Å². The summed E-state index contributed by atoms with van der Waals surface area (Å²) < 4.78 is 9.57. The molecule has 1 rings (SSSR count). The molecule has 0 aromatic heterocycles. The maximum Gasteiger partial charge on any atom is 0.335 e. The fourth-order valence-electron chi connectivity index (χ4n) is 1.62. The summed E-state index contributed by atoms with van der Waals surface area (Å²) in [5, 5.41) is 53.0. The summed E-state index contributed by atoms with van der Waals surface area (Å²) in [6, 6.07) is 2.44. The number of ether oxygens (including phenoxy) is 2. The molecule has 0 saturated carbocycles. The lowest BCUT2D eigenvalue weighted by Crippen LogP contribution is -2.39. The first-order valence-electron chi connectivity index (χ1n) is 7.00. The topological polar surface area (TPSA) is 174 Å². The highest BCUT2D eigenvalue weighted by molar-refractivity contribution is 5.89. The van der Waals surface area contributed by atoms with E-state index >= 15 is 0 Å². The number of carboxylic acid groups (broad SMARTS) is 1. The van der Waals surface area contributed by atoms with Crippen LogP contribution >= 0.6 is 0 Å². The number of aldehydes is 1. The van der Waals surface area contributed by atoms with Crippen LogP contribution in [-0.4, -0.2) is 82.0 Å². The molecule has 0 heterocycles. The first kappa shape index (κ1) is 22.6. The lowest BCUT2D eigenvalue weighted by molar-refractivity contribution is -0.115. The van der Waals surface area contributed by atoms with Gasteiger partial charge in [0, 0.05) is 6.42 Å². The summed E-state index contributed by atoms with van der Waals surface area (Å²) in [6.45, 7) is -0.642. The van der Waals surface area contributed by atoms with Gasteiger partial charge >= 0.3 is 5.97 Å². The van der Waals surface area contributed by atoms with Gasteiger partial charge in [-0.05, 0) is 12.1 Å². The van der Waals surface area contributed by atoms with Crippen molar-refractivity contribution in [1.82, 2.24) is 0 Å². The number of aliphatic hydroxyl groups is 4. The molecular weight excluding hydrogens is 340 g/mol. The summed E-state index contributed by atoms with van der Waals surface area (Å²) in [5.41, 5.74) is -0.00324. The van der Waals surface area contributed by atoms with Crippen molar-refractivity contribution in [1.29, 1.82) is 0 Å². The number of hydrogen-bond donors (Lipinski definition) is 6. The Morgan fingerprint density at radius 2 is 1.60 bits per heavy atom. The maximum absolute atomic E-state index is 10.7. The summed E-state index contributed by atoms with van der Waals surface area (Å²) in [6.07, 6.45) is -4.00. The van der Waals surface area contributed by atoms with E-state index < -0.39 is 30.9 Å². The van der Waals surface area contributed by atoms with Crippen molar-refractivity contribution < 1.29 is 49.7 Å². The average Bonchev–Trinajstić information content (AvgIpc) is 2.61. The summed E-state index contributed by atoms with van der Waals surface area (Å²) >= 11 is 0. The Balaban J connectivity index is 0.000000477. The van der Waals surface area contributed by atoms with Gasteiger partial charge in [-0.15, -0.1) is 0 Å². The Labute approximate surface area is 143 Å². The number of phenols is 1. The Bertz CT molecular complexity index is 534. The number of aromatic carboxylic acids is 1. The monoisotopic (exact) mass is 362 g/mol. The largest absolute Gasteiger partial charge is 0.502 e. The molecule has 142 valence electrons. The molecular formula is C15H22O10. The Hall–Kier alpha value is -2.40. The minimum Gasteiger partial charge on any atom is -0.502 e. The maximum atomic E-state index is 10.7. The predicted octanol–water partition coefficient (Wildman–Crippen LogP) is -1.24. The molecule has 1 aromatic carbocycles. The van der Waals surface area contributed by atoms with Crippen molar-refractivity contribution in [2.24, 2.45) is 0 Å². The number of carbonyl (C=O) groups is 2. The van der Waals surface area contributed by atoms with Crippen LogP contribution in [0.3, 0.4) is 0 Å². The molecule has 1 aromatic rings. The third-order valence-electron chi connectivity index (χ3n) is 3.04. The van der Waals surface area contributed by atoms with Crippen LogP contribution in [0, 0.1) is 0 Å². The molecule has 0 spiro atoms. The van der Waals surface area contributed by atoms with E-state index in [0.29, 0.717) is 6.29 Å². The summed E-state index contributed by atoms with van der Waals surface area (Å²) in [5.74, 6) is -1.18.